The van der Waals surface area contributed by atoms with Gasteiger partial charge in [-0.2, -0.15) is 0 Å². The quantitative estimate of drug-likeness (QED) is 0.701. The van der Waals surface area contributed by atoms with E-state index in [-0.39, 0.29) is 5.41 Å². The molecule has 74 valence electrons. The van der Waals surface area contributed by atoms with Gasteiger partial charge in [0.05, 0.1) is 11.4 Å². The normalized spacial score (nSPS) is 12.1. The van der Waals surface area contributed by atoms with Crippen LogP contribution in [0.3, 0.4) is 0 Å². The molecule has 0 aliphatic rings. The highest BCUT2D eigenvalue weighted by molar-refractivity contribution is 5.16. The largest absolute Gasteiger partial charge is 0.249 e. The highest BCUT2D eigenvalue weighted by atomic mass is 15.4. The molecule has 0 fully saturated rings. The highest BCUT2D eigenvalue weighted by Gasteiger charge is 2.21. The molecule has 0 aromatic carbocycles. The van der Waals surface area contributed by atoms with Crippen LogP contribution in [0.4, 0.5) is 0 Å². The zero-order chi connectivity index (χ0) is 10.1. The molecule has 0 bridgehead atoms. The van der Waals surface area contributed by atoms with Crippen molar-refractivity contribution >= 4 is 0 Å². The summed E-state index contributed by atoms with van der Waals surface area (Å²) in [7, 11) is 0. The standard InChI is InChI=1S/C10H19N3/c1-6-7-13-8(2)9(11-12-13)10(3,4)5/h6-7H2,1-5H3. The molecule has 0 spiro atoms. The van der Waals surface area contributed by atoms with Gasteiger partial charge in [0.25, 0.3) is 0 Å². The molecule has 1 aromatic rings. The maximum atomic E-state index is 4.22. The fourth-order valence-electron chi connectivity index (χ4n) is 1.48. The third-order valence-corrected chi connectivity index (χ3v) is 2.13. The molecule has 3 nitrogen and oxygen atoms in total. The van der Waals surface area contributed by atoms with Crippen LogP contribution >= 0.6 is 0 Å². The second kappa shape index (κ2) is 3.48. The number of hydrogen-bond acceptors (Lipinski definition) is 2. The molecule has 0 unspecified atom stereocenters. The summed E-state index contributed by atoms with van der Waals surface area (Å²) in [6.45, 7) is 11.7. The molecule has 0 atom stereocenters. The van der Waals surface area contributed by atoms with Crippen molar-refractivity contribution in [2.75, 3.05) is 0 Å². The summed E-state index contributed by atoms with van der Waals surface area (Å²) in [6.07, 6.45) is 1.10. The molecule has 1 aromatic heterocycles. The van der Waals surface area contributed by atoms with E-state index >= 15 is 0 Å². The number of rotatable bonds is 2. The third-order valence-electron chi connectivity index (χ3n) is 2.13. The molecule has 0 amide bonds. The van der Waals surface area contributed by atoms with Gasteiger partial charge in [-0.15, -0.1) is 5.10 Å². The predicted molar refractivity (Wildman–Crippen MR) is 53.8 cm³/mol. The third kappa shape index (κ3) is 2.08. The first-order valence-corrected chi connectivity index (χ1v) is 4.87. The SMILES string of the molecule is CCCn1nnc(C(C)(C)C)c1C. The van der Waals surface area contributed by atoms with Gasteiger partial charge in [-0.3, -0.25) is 0 Å². The van der Waals surface area contributed by atoms with Crippen molar-refractivity contribution in [2.45, 2.75) is 53.0 Å². The smallest absolute Gasteiger partial charge is 0.0909 e. The molecule has 0 saturated carbocycles. The first-order chi connectivity index (χ1) is 5.96. The molecular formula is C10H19N3. The highest BCUT2D eigenvalue weighted by Crippen LogP contribution is 2.22. The van der Waals surface area contributed by atoms with Gasteiger partial charge in [0, 0.05) is 12.0 Å². The average molecular weight is 181 g/mol. The number of aromatic nitrogens is 3. The van der Waals surface area contributed by atoms with E-state index in [1.54, 1.807) is 0 Å². The lowest BCUT2D eigenvalue weighted by Crippen LogP contribution is -2.14. The van der Waals surface area contributed by atoms with Crippen molar-refractivity contribution in [3.05, 3.63) is 11.4 Å². The molecule has 0 N–H and O–H groups in total. The van der Waals surface area contributed by atoms with Gasteiger partial charge in [-0.1, -0.05) is 32.9 Å². The van der Waals surface area contributed by atoms with Gasteiger partial charge in [-0.25, -0.2) is 4.68 Å². The van der Waals surface area contributed by atoms with E-state index in [1.165, 1.54) is 5.69 Å². The summed E-state index contributed by atoms with van der Waals surface area (Å²) in [5, 5.41) is 8.36. The number of hydrogen-bond donors (Lipinski definition) is 0. The predicted octanol–water partition coefficient (Wildman–Crippen LogP) is 2.29. The Bertz CT molecular complexity index is 281. The van der Waals surface area contributed by atoms with Crippen LogP contribution in [0.2, 0.25) is 0 Å². The van der Waals surface area contributed by atoms with E-state index in [0.717, 1.165) is 18.7 Å². The first kappa shape index (κ1) is 10.2. The Morgan fingerprint density at radius 2 is 1.92 bits per heavy atom. The van der Waals surface area contributed by atoms with Crippen molar-refractivity contribution in [1.82, 2.24) is 15.0 Å². The topological polar surface area (TPSA) is 30.7 Å². The zero-order valence-corrected chi connectivity index (χ0v) is 9.26. The van der Waals surface area contributed by atoms with E-state index < -0.39 is 0 Å². The fourth-order valence-corrected chi connectivity index (χ4v) is 1.48. The lowest BCUT2D eigenvalue weighted by molar-refractivity contribution is 0.563. The first-order valence-electron chi connectivity index (χ1n) is 4.87. The molecule has 1 rings (SSSR count). The number of aryl methyl sites for hydroxylation is 1. The molecule has 0 aliphatic heterocycles. The van der Waals surface area contributed by atoms with Crippen LogP contribution in [-0.2, 0) is 12.0 Å². The lowest BCUT2D eigenvalue weighted by Gasteiger charge is -2.15. The molecule has 3 heteroatoms. The monoisotopic (exact) mass is 181 g/mol. The van der Waals surface area contributed by atoms with Gasteiger partial charge in [0.15, 0.2) is 0 Å². The van der Waals surface area contributed by atoms with Crippen LogP contribution in [0.25, 0.3) is 0 Å². The van der Waals surface area contributed by atoms with Crippen LogP contribution < -0.4 is 0 Å². The molecule has 13 heavy (non-hydrogen) atoms. The minimum Gasteiger partial charge on any atom is -0.249 e. The Morgan fingerprint density at radius 3 is 2.31 bits per heavy atom. The molecule has 1 heterocycles. The Labute approximate surface area is 80.1 Å². The summed E-state index contributed by atoms with van der Waals surface area (Å²) >= 11 is 0. The van der Waals surface area contributed by atoms with Crippen LogP contribution in [0.15, 0.2) is 0 Å². The average Bonchev–Trinajstić information content (AvgIpc) is 2.32. The van der Waals surface area contributed by atoms with Crippen molar-refractivity contribution < 1.29 is 0 Å². The van der Waals surface area contributed by atoms with Crippen molar-refractivity contribution in [1.29, 1.82) is 0 Å². The summed E-state index contributed by atoms with van der Waals surface area (Å²) in [4.78, 5) is 0. The Balaban J connectivity index is 2.99. The van der Waals surface area contributed by atoms with Crippen LogP contribution in [-0.4, -0.2) is 15.0 Å². The molecule has 0 radical (unpaired) electrons. The Kier molecular flexibility index (Phi) is 2.74. The molecule has 0 saturated heterocycles. The summed E-state index contributed by atoms with van der Waals surface area (Å²) in [6, 6.07) is 0. The van der Waals surface area contributed by atoms with Crippen LogP contribution in [0.5, 0.6) is 0 Å². The minimum atomic E-state index is 0.107. The fraction of sp³-hybridized carbons (Fsp3) is 0.800. The maximum absolute atomic E-state index is 4.22. The van der Waals surface area contributed by atoms with Gasteiger partial charge < -0.3 is 0 Å². The summed E-state index contributed by atoms with van der Waals surface area (Å²) < 4.78 is 1.99. The summed E-state index contributed by atoms with van der Waals surface area (Å²) in [5.41, 5.74) is 2.42. The van der Waals surface area contributed by atoms with Crippen molar-refractivity contribution in [3.8, 4) is 0 Å². The van der Waals surface area contributed by atoms with Crippen molar-refractivity contribution in [2.24, 2.45) is 0 Å². The zero-order valence-electron chi connectivity index (χ0n) is 9.26. The Hall–Kier alpha value is -0.860. The van der Waals surface area contributed by atoms with Gasteiger partial charge in [-0.05, 0) is 13.3 Å². The van der Waals surface area contributed by atoms with Gasteiger partial charge in [0.1, 0.15) is 0 Å². The van der Waals surface area contributed by atoms with E-state index in [9.17, 15) is 0 Å². The Morgan fingerprint density at radius 1 is 1.31 bits per heavy atom. The van der Waals surface area contributed by atoms with Crippen LogP contribution in [0, 0.1) is 6.92 Å². The van der Waals surface area contributed by atoms with E-state index in [0.29, 0.717) is 0 Å². The second-order valence-corrected chi connectivity index (χ2v) is 4.50. The minimum absolute atomic E-state index is 0.107. The van der Waals surface area contributed by atoms with Crippen molar-refractivity contribution in [3.63, 3.8) is 0 Å². The van der Waals surface area contributed by atoms with Gasteiger partial charge >= 0.3 is 0 Å². The van der Waals surface area contributed by atoms with E-state index in [1.807, 2.05) is 4.68 Å². The lowest BCUT2D eigenvalue weighted by atomic mass is 9.91. The number of nitrogens with zero attached hydrogens (tertiary/aromatic N) is 3. The summed E-state index contributed by atoms with van der Waals surface area (Å²) in [5.74, 6) is 0. The van der Waals surface area contributed by atoms with E-state index in [2.05, 4.69) is 44.9 Å². The van der Waals surface area contributed by atoms with Crippen LogP contribution in [0.1, 0.15) is 45.5 Å². The maximum Gasteiger partial charge on any atom is 0.0909 e. The molecule has 0 aliphatic carbocycles. The van der Waals surface area contributed by atoms with E-state index in [4.69, 9.17) is 0 Å². The molecular weight excluding hydrogens is 162 g/mol. The van der Waals surface area contributed by atoms with Gasteiger partial charge in [0.2, 0.25) is 0 Å². The second-order valence-electron chi connectivity index (χ2n) is 4.50.